The molecule has 9 nitrogen and oxygen atoms in total. The van der Waals surface area contributed by atoms with Crippen LogP contribution in [0.2, 0.25) is 0 Å². The number of piperidine rings is 1. The van der Waals surface area contributed by atoms with Gasteiger partial charge in [-0.05, 0) is 78.8 Å². The van der Waals surface area contributed by atoms with Gasteiger partial charge in [-0.1, -0.05) is 30.7 Å². The van der Waals surface area contributed by atoms with Gasteiger partial charge in [0.1, 0.15) is 0 Å². The number of rotatable bonds is 12. The minimum absolute atomic E-state index is 0.122. The van der Waals surface area contributed by atoms with Crippen LogP contribution in [0.3, 0.4) is 0 Å². The zero-order valence-electron chi connectivity index (χ0n) is 25.9. The Kier molecular flexibility index (Phi) is 10.3. The number of methoxy groups -OCH3 is 3. The van der Waals surface area contributed by atoms with Crippen molar-refractivity contribution < 1.29 is 28.9 Å². The molecule has 234 valence electrons. The molecule has 3 aromatic carbocycles. The van der Waals surface area contributed by atoms with Gasteiger partial charge in [-0.25, -0.2) is 0 Å². The molecule has 2 aliphatic rings. The molecule has 0 atom stereocenters. The van der Waals surface area contributed by atoms with Crippen molar-refractivity contribution in [1.29, 1.82) is 0 Å². The van der Waals surface area contributed by atoms with Crippen LogP contribution >= 0.6 is 0 Å². The first kappa shape index (κ1) is 31.2. The Bertz CT molecular complexity index is 1430. The van der Waals surface area contributed by atoms with E-state index in [9.17, 15) is 14.7 Å². The molecule has 0 aromatic heterocycles. The second-order valence-electron chi connectivity index (χ2n) is 11.7. The van der Waals surface area contributed by atoms with Crippen molar-refractivity contribution in [2.75, 3.05) is 34.4 Å². The number of nitrogens with zero attached hydrogens (tertiary/aromatic N) is 2. The van der Waals surface area contributed by atoms with Crippen molar-refractivity contribution in [1.82, 2.24) is 15.1 Å². The summed E-state index contributed by atoms with van der Waals surface area (Å²) in [6.07, 6.45) is 4.85. The van der Waals surface area contributed by atoms with Gasteiger partial charge in [0.2, 0.25) is 5.91 Å². The van der Waals surface area contributed by atoms with Gasteiger partial charge in [-0.3, -0.25) is 14.5 Å². The molecule has 3 aromatic rings. The van der Waals surface area contributed by atoms with Crippen LogP contribution in [0, 0.1) is 5.92 Å². The first-order chi connectivity index (χ1) is 21.4. The number of amides is 2. The van der Waals surface area contributed by atoms with E-state index in [0.29, 0.717) is 35.9 Å². The molecule has 1 saturated carbocycles. The van der Waals surface area contributed by atoms with E-state index in [1.54, 1.807) is 33.5 Å². The van der Waals surface area contributed by atoms with E-state index in [2.05, 4.69) is 15.1 Å². The van der Waals surface area contributed by atoms with Gasteiger partial charge in [0.25, 0.3) is 5.91 Å². The average molecular weight is 602 g/mol. The third-order valence-electron chi connectivity index (χ3n) is 8.85. The van der Waals surface area contributed by atoms with Crippen LogP contribution in [0.15, 0.2) is 60.7 Å². The lowest BCUT2D eigenvalue weighted by molar-refractivity contribution is -0.142. The minimum atomic E-state index is -0.161. The fourth-order valence-electron chi connectivity index (χ4n) is 5.99. The summed E-state index contributed by atoms with van der Waals surface area (Å²) in [6, 6.07) is 18.9. The summed E-state index contributed by atoms with van der Waals surface area (Å²) >= 11 is 0. The Morgan fingerprint density at radius 1 is 0.818 bits per heavy atom. The minimum Gasteiger partial charge on any atom is -0.504 e. The maximum Gasteiger partial charge on any atom is 0.251 e. The highest BCUT2D eigenvalue weighted by atomic mass is 16.5. The van der Waals surface area contributed by atoms with Crippen molar-refractivity contribution in [2.45, 2.75) is 57.8 Å². The van der Waals surface area contributed by atoms with Crippen LogP contribution in [-0.4, -0.2) is 67.2 Å². The molecule has 5 rings (SSSR count). The van der Waals surface area contributed by atoms with Gasteiger partial charge in [0.15, 0.2) is 23.0 Å². The zero-order valence-corrected chi connectivity index (χ0v) is 25.9. The second kappa shape index (κ2) is 14.5. The number of nitrogens with one attached hydrogen (secondary N) is 1. The van der Waals surface area contributed by atoms with E-state index in [0.717, 1.165) is 68.4 Å². The predicted octanol–water partition coefficient (Wildman–Crippen LogP) is 5.14. The molecular weight excluding hydrogens is 558 g/mol. The maximum absolute atomic E-state index is 13.6. The van der Waals surface area contributed by atoms with Crippen molar-refractivity contribution in [3.63, 3.8) is 0 Å². The summed E-state index contributed by atoms with van der Waals surface area (Å²) in [7, 11) is 4.72. The van der Waals surface area contributed by atoms with E-state index in [1.165, 1.54) is 0 Å². The van der Waals surface area contributed by atoms with Crippen LogP contribution in [0.25, 0.3) is 0 Å². The second-order valence-corrected chi connectivity index (χ2v) is 11.7. The summed E-state index contributed by atoms with van der Waals surface area (Å²) in [5.74, 6) is 2.10. The number of hydrogen-bond acceptors (Lipinski definition) is 7. The molecule has 2 fully saturated rings. The van der Waals surface area contributed by atoms with Gasteiger partial charge < -0.3 is 29.5 Å². The molecular formula is C35H43N3O6. The van der Waals surface area contributed by atoms with E-state index in [1.807, 2.05) is 48.5 Å². The van der Waals surface area contributed by atoms with Gasteiger partial charge in [0, 0.05) is 50.2 Å². The molecule has 1 saturated heterocycles. The van der Waals surface area contributed by atoms with Gasteiger partial charge in [-0.15, -0.1) is 0 Å². The highest BCUT2D eigenvalue weighted by molar-refractivity contribution is 5.94. The molecule has 1 aliphatic carbocycles. The van der Waals surface area contributed by atoms with E-state index in [4.69, 9.17) is 14.2 Å². The molecule has 9 heteroatoms. The maximum atomic E-state index is 13.6. The summed E-state index contributed by atoms with van der Waals surface area (Å²) < 4.78 is 15.8. The molecule has 0 spiro atoms. The Morgan fingerprint density at radius 3 is 2.07 bits per heavy atom. The molecule has 0 radical (unpaired) electrons. The lowest BCUT2D eigenvalue weighted by Crippen LogP contribution is -2.49. The highest BCUT2D eigenvalue weighted by Gasteiger charge is 2.34. The van der Waals surface area contributed by atoms with Gasteiger partial charge in [0.05, 0.1) is 21.3 Å². The Balaban J connectivity index is 1.18. The number of phenols is 1. The summed E-state index contributed by atoms with van der Waals surface area (Å²) in [5, 5.41) is 13.1. The van der Waals surface area contributed by atoms with E-state index < -0.39 is 0 Å². The number of carbonyl (C=O) groups excluding carboxylic acids is 2. The monoisotopic (exact) mass is 601 g/mol. The number of hydrogen-bond donors (Lipinski definition) is 2. The Hall–Kier alpha value is -4.24. The predicted molar refractivity (Wildman–Crippen MR) is 168 cm³/mol. The molecule has 2 N–H and O–H groups in total. The van der Waals surface area contributed by atoms with Crippen LogP contribution in [0.5, 0.6) is 23.0 Å². The fraction of sp³-hybridized carbons (Fsp3) is 0.429. The van der Waals surface area contributed by atoms with Crippen molar-refractivity contribution in [3.05, 3.63) is 82.9 Å². The van der Waals surface area contributed by atoms with Crippen LogP contribution < -0.4 is 19.5 Å². The molecule has 1 aliphatic heterocycles. The molecule has 0 unspecified atom stereocenters. The number of benzene rings is 3. The number of phenolic OH excluding ortho intramolecular Hbond substituents is 1. The standard InChI is InChI=1S/C35H43N3O6/c1-42-31-13-10-26(19-30(31)39)22-37-17-15-29(16-18-37)38(35(41)28-5-4-6-28)23-24-7-11-27(12-8-24)34(40)36-21-25-9-14-32(43-2)33(20-25)44-3/h7-14,19-20,28-29,39H,4-6,15-18,21-23H2,1-3H3,(H,36,40). The summed E-state index contributed by atoms with van der Waals surface area (Å²) in [6.45, 7) is 3.41. The van der Waals surface area contributed by atoms with E-state index >= 15 is 0 Å². The largest absolute Gasteiger partial charge is 0.504 e. The Labute approximate surface area is 259 Å². The SMILES string of the molecule is COc1ccc(CN2CCC(N(Cc3ccc(C(=O)NCc4ccc(OC)c(OC)c4)cc3)C(=O)C3CCC3)CC2)cc1O. The summed E-state index contributed by atoms with van der Waals surface area (Å²) in [4.78, 5) is 30.9. The third-order valence-corrected chi connectivity index (χ3v) is 8.85. The third kappa shape index (κ3) is 7.45. The quantitative estimate of drug-likeness (QED) is 0.297. The number of likely N-dealkylation sites (tertiary alicyclic amines) is 1. The number of aromatic hydroxyl groups is 1. The molecule has 44 heavy (non-hydrogen) atoms. The molecule has 1 heterocycles. The Morgan fingerprint density at radius 2 is 1.45 bits per heavy atom. The first-order valence-corrected chi connectivity index (χ1v) is 15.3. The van der Waals surface area contributed by atoms with Crippen molar-refractivity contribution in [3.8, 4) is 23.0 Å². The average Bonchev–Trinajstić information content (AvgIpc) is 3.02. The van der Waals surface area contributed by atoms with Gasteiger partial charge in [-0.2, -0.15) is 0 Å². The lowest BCUT2D eigenvalue weighted by atomic mass is 9.83. The van der Waals surface area contributed by atoms with Crippen LogP contribution in [-0.2, 0) is 24.4 Å². The summed E-state index contributed by atoms with van der Waals surface area (Å²) in [5.41, 5.74) is 3.54. The van der Waals surface area contributed by atoms with Crippen LogP contribution in [0.4, 0.5) is 0 Å². The van der Waals surface area contributed by atoms with E-state index in [-0.39, 0.29) is 29.5 Å². The zero-order chi connectivity index (χ0) is 31.1. The topological polar surface area (TPSA) is 101 Å². The van der Waals surface area contributed by atoms with Crippen molar-refractivity contribution in [2.24, 2.45) is 5.92 Å². The smallest absolute Gasteiger partial charge is 0.251 e. The normalized spacial score (nSPS) is 15.7. The number of carbonyl (C=O) groups is 2. The number of ether oxygens (including phenoxy) is 3. The lowest BCUT2D eigenvalue weighted by Gasteiger charge is -2.41. The first-order valence-electron chi connectivity index (χ1n) is 15.3. The van der Waals surface area contributed by atoms with Crippen molar-refractivity contribution >= 4 is 11.8 Å². The molecule has 0 bridgehead atoms. The fourth-order valence-corrected chi connectivity index (χ4v) is 5.99. The van der Waals surface area contributed by atoms with Crippen LogP contribution in [0.1, 0.15) is 59.2 Å². The van der Waals surface area contributed by atoms with Gasteiger partial charge >= 0.3 is 0 Å². The highest BCUT2D eigenvalue weighted by Crippen LogP contribution is 2.32. The molecule has 2 amide bonds.